The van der Waals surface area contributed by atoms with E-state index in [4.69, 9.17) is 5.11 Å². The smallest absolute Gasteiger partial charge is 0.336 e. The molecule has 2 rings (SSSR count). The second kappa shape index (κ2) is 4.61. The summed E-state index contributed by atoms with van der Waals surface area (Å²) in [5, 5.41) is 9.12. The molecule has 2 aromatic rings. The maximum absolute atomic E-state index is 13.3. The van der Waals surface area contributed by atoms with Crippen LogP contribution < -0.4 is 0 Å². The zero-order valence-corrected chi connectivity index (χ0v) is 10.2. The lowest BCUT2D eigenvalue weighted by Gasteiger charge is -2.09. The molecule has 3 heteroatoms. The quantitative estimate of drug-likeness (QED) is 0.872. The normalized spacial score (nSPS) is 10.4. The molecule has 0 heterocycles. The highest BCUT2D eigenvalue weighted by atomic mass is 19.1. The lowest BCUT2D eigenvalue weighted by Crippen LogP contribution is -2.00. The molecule has 0 fully saturated rings. The Morgan fingerprint density at radius 1 is 1.06 bits per heavy atom. The van der Waals surface area contributed by atoms with E-state index in [0.29, 0.717) is 5.56 Å². The molecule has 0 aromatic heterocycles. The average molecular weight is 244 g/mol. The summed E-state index contributed by atoms with van der Waals surface area (Å²) in [6.07, 6.45) is 0. The fourth-order valence-corrected chi connectivity index (χ4v) is 1.85. The van der Waals surface area contributed by atoms with Crippen LogP contribution in [0, 0.1) is 19.7 Å². The molecule has 0 saturated heterocycles. The summed E-state index contributed by atoms with van der Waals surface area (Å²) >= 11 is 0. The molecule has 0 saturated carbocycles. The van der Waals surface area contributed by atoms with E-state index in [-0.39, 0.29) is 5.56 Å². The average Bonchev–Trinajstić information content (AvgIpc) is 2.32. The minimum Gasteiger partial charge on any atom is -0.478 e. The van der Waals surface area contributed by atoms with E-state index in [0.717, 1.165) is 22.8 Å². The van der Waals surface area contributed by atoms with Gasteiger partial charge in [-0.3, -0.25) is 0 Å². The minimum absolute atomic E-state index is 0.111. The molecule has 0 aliphatic carbocycles. The number of aromatic carboxylic acids is 1. The zero-order valence-electron chi connectivity index (χ0n) is 10.2. The predicted octanol–water partition coefficient (Wildman–Crippen LogP) is 3.81. The summed E-state index contributed by atoms with van der Waals surface area (Å²) in [6, 6.07) is 9.30. The van der Waals surface area contributed by atoms with E-state index in [1.165, 1.54) is 12.1 Å². The Bertz CT molecular complexity index is 618. The molecular weight excluding hydrogens is 231 g/mol. The van der Waals surface area contributed by atoms with Crippen LogP contribution in [0.15, 0.2) is 36.4 Å². The van der Waals surface area contributed by atoms with Crippen LogP contribution in [0.1, 0.15) is 21.5 Å². The van der Waals surface area contributed by atoms with Crippen molar-refractivity contribution in [3.63, 3.8) is 0 Å². The van der Waals surface area contributed by atoms with Crippen LogP contribution >= 0.6 is 0 Å². The molecule has 0 bridgehead atoms. The minimum atomic E-state index is -1.05. The maximum atomic E-state index is 13.3. The second-order valence-electron chi connectivity index (χ2n) is 4.29. The van der Waals surface area contributed by atoms with Gasteiger partial charge in [0.2, 0.25) is 0 Å². The van der Waals surface area contributed by atoms with Crippen molar-refractivity contribution in [2.75, 3.05) is 0 Å². The topological polar surface area (TPSA) is 37.3 Å². The van der Waals surface area contributed by atoms with Crippen molar-refractivity contribution in [1.82, 2.24) is 0 Å². The second-order valence-corrected chi connectivity index (χ2v) is 4.29. The molecule has 18 heavy (non-hydrogen) atoms. The van der Waals surface area contributed by atoms with Gasteiger partial charge in [-0.2, -0.15) is 0 Å². The van der Waals surface area contributed by atoms with Gasteiger partial charge in [-0.25, -0.2) is 9.18 Å². The summed E-state index contributed by atoms with van der Waals surface area (Å²) < 4.78 is 13.3. The maximum Gasteiger partial charge on any atom is 0.336 e. The molecule has 0 unspecified atom stereocenters. The Kier molecular flexibility index (Phi) is 3.15. The molecule has 0 aliphatic rings. The summed E-state index contributed by atoms with van der Waals surface area (Å²) in [5.41, 5.74) is 3.40. The Morgan fingerprint density at radius 3 is 2.39 bits per heavy atom. The van der Waals surface area contributed by atoms with Crippen molar-refractivity contribution < 1.29 is 14.3 Å². The van der Waals surface area contributed by atoms with Gasteiger partial charge >= 0.3 is 5.97 Å². The van der Waals surface area contributed by atoms with E-state index in [1.807, 2.05) is 32.0 Å². The van der Waals surface area contributed by atoms with Crippen LogP contribution in [0.3, 0.4) is 0 Å². The van der Waals surface area contributed by atoms with Crippen LogP contribution in [0.25, 0.3) is 11.1 Å². The zero-order chi connectivity index (χ0) is 13.3. The predicted molar refractivity (Wildman–Crippen MR) is 68.3 cm³/mol. The first-order valence-corrected chi connectivity index (χ1v) is 5.59. The van der Waals surface area contributed by atoms with Gasteiger partial charge in [-0.15, -0.1) is 0 Å². The van der Waals surface area contributed by atoms with Crippen molar-refractivity contribution in [2.24, 2.45) is 0 Å². The Balaban J connectivity index is 2.65. The first kappa shape index (κ1) is 12.3. The summed E-state index contributed by atoms with van der Waals surface area (Å²) in [6.45, 7) is 3.92. The van der Waals surface area contributed by atoms with E-state index in [9.17, 15) is 9.18 Å². The lowest BCUT2D eigenvalue weighted by molar-refractivity contribution is 0.0697. The number of hydrogen-bond acceptors (Lipinski definition) is 1. The third-order valence-corrected chi connectivity index (χ3v) is 3.03. The van der Waals surface area contributed by atoms with Gasteiger partial charge in [0.15, 0.2) is 0 Å². The lowest BCUT2D eigenvalue weighted by atomic mass is 9.96. The molecule has 92 valence electrons. The molecule has 0 aliphatic heterocycles. The molecular formula is C15H13FO2. The van der Waals surface area contributed by atoms with Gasteiger partial charge in [-0.1, -0.05) is 18.2 Å². The van der Waals surface area contributed by atoms with Gasteiger partial charge in [0.1, 0.15) is 5.82 Å². The van der Waals surface area contributed by atoms with Crippen molar-refractivity contribution >= 4 is 5.97 Å². The third kappa shape index (κ3) is 2.25. The van der Waals surface area contributed by atoms with E-state index < -0.39 is 11.8 Å². The van der Waals surface area contributed by atoms with Crippen molar-refractivity contribution in [3.05, 3.63) is 58.9 Å². The largest absolute Gasteiger partial charge is 0.478 e. The molecule has 0 radical (unpaired) electrons. The highest BCUT2D eigenvalue weighted by molar-refractivity contribution is 5.96. The monoisotopic (exact) mass is 244 g/mol. The van der Waals surface area contributed by atoms with Crippen LogP contribution in [-0.2, 0) is 0 Å². The molecule has 2 aromatic carbocycles. The number of carboxylic acids is 1. The number of carbonyl (C=O) groups is 1. The van der Waals surface area contributed by atoms with Gasteiger partial charge in [0, 0.05) is 0 Å². The fourth-order valence-electron chi connectivity index (χ4n) is 1.85. The van der Waals surface area contributed by atoms with Gasteiger partial charge in [-0.05, 0) is 54.3 Å². The number of carboxylic acid groups (broad SMARTS) is 1. The fraction of sp³-hybridized carbons (Fsp3) is 0.133. The highest BCUT2D eigenvalue weighted by Gasteiger charge is 2.13. The number of rotatable bonds is 2. The van der Waals surface area contributed by atoms with Gasteiger partial charge < -0.3 is 5.11 Å². The van der Waals surface area contributed by atoms with Crippen molar-refractivity contribution in [3.8, 4) is 11.1 Å². The third-order valence-electron chi connectivity index (χ3n) is 3.03. The van der Waals surface area contributed by atoms with Gasteiger partial charge in [0.25, 0.3) is 0 Å². The number of hydrogen-bond donors (Lipinski definition) is 1. The molecule has 2 nitrogen and oxygen atoms in total. The van der Waals surface area contributed by atoms with Crippen LogP contribution in [0.4, 0.5) is 4.39 Å². The Hall–Kier alpha value is -2.16. The molecule has 1 N–H and O–H groups in total. The summed E-state index contributed by atoms with van der Waals surface area (Å²) in [7, 11) is 0. The molecule has 0 amide bonds. The first-order chi connectivity index (χ1) is 8.49. The van der Waals surface area contributed by atoms with Crippen molar-refractivity contribution in [1.29, 1.82) is 0 Å². The number of aryl methyl sites for hydroxylation is 2. The standard InChI is InChI=1S/C15H13FO2/c1-9-3-4-11(7-10(9)2)14-8-12(16)5-6-13(14)15(17)18/h3-8H,1-2H3,(H,17,18). The number of halogens is 1. The Morgan fingerprint density at radius 2 is 1.78 bits per heavy atom. The van der Waals surface area contributed by atoms with Gasteiger partial charge in [0.05, 0.1) is 5.56 Å². The highest BCUT2D eigenvalue weighted by Crippen LogP contribution is 2.26. The van der Waals surface area contributed by atoms with E-state index >= 15 is 0 Å². The van der Waals surface area contributed by atoms with Crippen LogP contribution in [0.5, 0.6) is 0 Å². The van der Waals surface area contributed by atoms with Crippen LogP contribution in [0.2, 0.25) is 0 Å². The van der Waals surface area contributed by atoms with E-state index in [2.05, 4.69) is 0 Å². The summed E-state index contributed by atoms with van der Waals surface area (Å²) in [5.74, 6) is -1.49. The van der Waals surface area contributed by atoms with Crippen LogP contribution in [-0.4, -0.2) is 11.1 Å². The van der Waals surface area contributed by atoms with E-state index in [1.54, 1.807) is 0 Å². The summed E-state index contributed by atoms with van der Waals surface area (Å²) in [4.78, 5) is 11.1. The Labute approximate surface area is 105 Å². The SMILES string of the molecule is Cc1ccc(-c2cc(F)ccc2C(=O)O)cc1C. The molecule has 0 spiro atoms. The molecule has 0 atom stereocenters. The number of benzene rings is 2. The first-order valence-electron chi connectivity index (χ1n) is 5.59. The van der Waals surface area contributed by atoms with Crippen molar-refractivity contribution in [2.45, 2.75) is 13.8 Å².